The summed E-state index contributed by atoms with van der Waals surface area (Å²) >= 11 is 0. The van der Waals surface area contributed by atoms with Gasteiger partial charge in [0.2, 0.25) is 0 Å². The van der Waals surface area contributed by atoms with E-state index in [-0.39, 0.29) is 0 Å². The molecule has 0 fully saturated rings. The first kappa shape index (κ1) is 25.7. The fourth-order valence-electron chi connectivity index (χ4n) is 6.64. The zero-order valence-electron chi connectivity index (χ0n) is 24.7. The molecule has 0 aliphatic carbocycles. The van der Waals surface area contributed by atoms with E-state index in [4.69, 9.17) is 13.9 Å². The van der Waals surface area contributed by atoms with E-state index in [0.29, 0.717) is 6.61 Å². The van der Waals surface area contributed by atoms with Gasteiger partial charge in [-0.05, 0) is 100 Å². The molecule has 2 aliphatic rings. The lowest BCUT2D eigenvalue weighted by molar-refractivity contribution is 0.361. The SMILES string of the molecule is C/C1=C\C=C/COc2cc(-c3ccc4c(c3)-c3ccccc3-c3cc(-c5ccc6c(c5)oc5ccccc56)ccc3O4)ccc21. The van der Waals surface area contributed by atoms with Crippen LogP contribution in [0.1, 0.15) is 12.5 Å². The van der Waals surface area contributed by atoms with Gasteiger partial charge in [-0.1, -0.05) is 84.9 Å². The molecule has 6 aromatic carbocycles. The van der Waals surface area contributed by atoms with E-state index >= 15 is 0 Å². The van der Waals surface area contributed by atoms with Crippen LogP contribution in [0.5, 0.6) is 17.2 Å². The molecule has 3 heterocycles. The van der Waals surface area contributed by atoms with Crippen LogP contribution in [0.2, 0.25) is 0 Å². The third-order valence-electron chi connectivity index (χ3n) is 8.96. The molecule has 1 aromatic heterocycles. The number of allylic oxidation sites excluding steroid dienone is 3. The highest BCUT2D eigenvalue weighted by atomic mass is 16.5. The second-order valence-corrected chi connectivity index (χ2v) is 11.7. The standard InChI is InChI=1S/C42H28O3/c1-26-8-6-7-21-43-41-24-29(13-17-31(26)41)27-15-19-39-36(22-27)32-9-2-3-10-33(32)37-23-28(16-20-40(37)44-39)30-14-18-35-34-11-4-5-12-38(34)45-42(35)25-30/h2-20,22-25H,21H2,1H3/b7-6-,26-8+. The second kappa shape index (κ2) is 10.1. The predicted molar refractivity (Wildman–Crippen MR) is 184 cm³/mol. The van der Waals surface area contributed by atoms with Gasteiger partial charge in [-0.2, -0.15) is 0 Å². The largest absolute Gasteiger partial charge is 0.489 e. The van der Waals surface area contributed by atoms with Crippen molar-refractivity contribution in [3.8, 4) is 61.8 Å². The summed E-state index contributed by atoms with van der Waals surface area (Å²) in [7, 11) is 0. The van der Waals surface area contributed by atoms with E-state index in [0.717, 1.165) is 89.3 Å². The fraction of sp³-hybridized carbons (Fsp3) is 0.0476. The van der Waals surface area contributed by atoms with E-state index in [1.807, 2.05) is 18.2 Å². The van der Waals surface area contributed by atoms with E-state index in [9.17, 15) is 0 Å². The zero-order chi connectivity index (χ0) is 29.9. The lowest BCUT2D eigenvalue weighted by Crippen LogP contribution is -1.99. The van der Waals surface area contributed by atoms with Gasteiger partial charge in [-0.25, -0.2) is 0 Å². The normalized spacial score (nSPS) is 15.2. The van der Waals surface area contributed by atoms with Crippen LogP contribution < -0.4 is 9.47 Å². The molecule has 0 radical (unpaired) electrons. The lowest BCUT2D eigenvalue weighted by Gasteiger charge is -2.16. The molecule has 7 aromatic rings. The van der Waals surface area contributed by atoms with Crippen LogP contribution in [0.3, 0.4) is 0 Å². The van der Waals surface area contributed by atoms with Crippen molar-refractivity contribution in [2.75, 3.05) is 6.61 Å². The first-order chi connectivity index (χ1) is 22.2. The van der Waals surface area contributed by atoms with Crippen molar-refractivity contribution in [1.82, 2.24) is 0 Å². The van der Waals surface area contributed by atoms with Gasteiger partial charge >= 0.3 is 0 Å². The predicted octanol–water partition coefficient (Wildman–Crippen LogP) is 11.7. The Labute approximate surface area is 261 Å². The minimum atomic E-state index is 0.554. The first-order valence-corrected chi connectivity index (χ1v) is 15.3. The Morgan fingerprint density at radius 2 is 1.11 bits per heavy atom. The van der Waals surface area contributed by atoms with Crippen molar-refractivity contribution >= 4 is 27.5 Å². The zero-order valence-corrected chi connectivity index (χ0v) is 24.7. The molecule has 0 atom stereocenters. The Morgan fingerprint density at radius 1 is 0.489 bits per heavy atom. The molecular formula is C42H28O3. The average molecular weight is 581 g/mol. The molecule has 0 bridgehead atoms. The number of hydrogen-bond acceptors (Lipinski definition) is 3. The van der Waals surface area contributed by atoms with E-state index in [1.54, 1.807) is 0 Å². The maximum atomic E-state index is 6.65. The number of ether oxygens (including phenoxy) is 2. The third kappa shape index (κ3) is 4.28. The Bertz CT molecular complexity index is 2370. The summed E-state index contributed by atoms with van der Waals surface area (Å²) in [6.07, 6.45) is 6.23. The van der Waals surface area contributed by atoms with Gasteiger partial charge in [-0.3, -0.25) is 0 Å². The minimum Gasteiger partial charge on any atom is -0.489 e. The van der Waals surface area contributed by atoms with Gasteiger partial charge in [0.1, 0.15) is 35.0 Å². The number of fused-ring (bicyclic) bond motifs is 9. The smallest absolute Gasteiger partial charge is 0.136 e. The monoisotopic (exact) mass is 580 g/mol. The summed E-state index contributed by atoms with van der Waals surface area (Å²) in [5.74, 6) is 2.58. The Kier molecular flexibility index (Phi) is 5.79. The lowest BCUT2D eigenvalue weighted by atomic mass is 9.91. The molecule has 0 unspecified atom stereocenters. The molecule has 0 N–H and O–H groups in total. The van der Waals surface area contributed by atoms with Crippen LogP contribution in [0.4, 0.5) is 0 Å². The molecule has 0 spiro atoms. The number of para-hydroxylation sites is 1. The summed E-state index contributed by atoms with van der Waals surface area (Å²) in [4.78, 5) is 0. The van der Waals surface area contributed by atoms with Crippen LogP contribution >= 0.6 is 0 Å². The molecule has 3 nitrogen and oxygen atoms in total. The maximum absolute atomic E-state index is 6.65. The second-order valence-electron chi connectivity index (χ2n) is 11.7. The van der Waals surface area contributed by atoms with E-state index in [2.05, 4.69) is 128 Å². The molecule has 214 valence electrons. The number of rotatable bonds is 2. The molecular weight excluding hydrogens is 552 g/mol. The quantitative estimate of drug-likeness (QED) is 0.204. The third-order valence-corrected chi connectivity index (χ3v) is 8.96. The number of furan rings is 1. The Morgan fingerprint density at radius 3 is 1.89 bits per heavy atom. The van der Waals surface area contributed by atoms with Crippen molar-refractivity contribution in [2.45, 2.75) is 6.92 Å². The molecule has 0 amide bonds. The minimum absolute atomic E-state index is 0.554. The summed E-state index contributed by atoms with van der Waals surface area (Å²) in [5.41, 5.74) is 13.0. The number of benzene rings is 6. The van der Waals surface area contributed by atoms with Crippen LogP contribution in [-0.2, 0) is 0 Å². The highest BCUT2D eigenvalue weighted by Gasteiger charge is 2.22. The van der Waals surface area contributed by atoms with Gasteiger partial charge in [0.25, 0.3) is 0 Å². The molecule has 3 heteroatoms. The average Bonchev–Trinajstić information content (AvgIpc) is 3.38. The summed E-state index contributed by atoms with van der Waals surface area (Å²) in [5, 5.41) is 2.27. The topological polar surface area (TPSA) is 31.6 Å². The van der Waals surface area contributed by atoms with Crippen molar-refractivity contribution in [3.63, 3.8) is 0 Å². The van der Waals surface area contributed by atoms with Crippen LogP contribution in [0, 0.1) is 0 Å². The molecule has 2 aliphatic heterocycles. The van der Waals surface area contributed by atoms with Crippen molar-refractivity contribution < 1.29 is 13.9 Å². The Hall–Kier alpha value is -5.80. The molecule has 0 saturated carbocycles. The maximum Gasteiger partial charge on any atom is 0.136 e. The first-order valence-electron chi connectivity index (χ1n) is 15.3. The summed E-state index contributed by atoms with van der Waals surface area (Å²) in [6.45, 7) is 2.67. The summed E-state index contributed by atoms with van der Waals surface area (Å²) in [6, 6.07) is 42.6. The van der Waals surface area contributed by atoms with Gasteiger partial charge in [0.05, 0.1) is 0 Å². The summed E-state index contributed by atoms with van der Waals surface area (Å²) < 4.78 is 19.0. The van der Waals surface area contributed by atoms with Crippen LogP contribution in [0.15, 0.2) is 144 Å². The van der Waals surface area contributed by atoms with Crippen LogP contribution in [-0.4, -0.2) is 6.61 Å². The van der Waals surface area contributed by atoms with Gasteiger partial charge < -0.3 is 13.9 Å². The van der Waals surface area contributed by atoms with Crippen molar-refractivity contribution in [3.05, 3.63) is 145 Å². The van der Waals surface area contributed by atoms with E-state index in [1.165, 1.54) is 5.57 Å². The van der Waals surface area contributed by atoms with Crippen LogP contribution in [0.25, 0.3) is 72.0 Å². The van der Waals surface area contributed by atoms with Gasteiger partial charge in [-0.15, -0.1) is 0 Å². The highest BCUT2D eigenvalue weighted by molar-refractivity contribution is 6.06. The van der Waals surface area contributed by atoms with Gasteiger partial charge in [0, 0.05) is 27.5 Å². The van der Waals surface area contributed by atoms with Gasteiger partial charge in [0.15, 0.2) is 0 Å². The van der Waals surface area contributed by atoms with Crippen molar-refractivity contribution in [2.24, 2.45) is 0 Å². The van der Waals surface area contributed by atoms with Crippen molar-refractivity contribution in [1.29, 1.82) is 0 Å². The molecule has 9 rings (SSSR count). The number of hydrogen-bond donors (Lipinski definition) is 0. The fourth-order valence-corrected chi connectivity index (χ4v) is 6.64. The molecule has 45 heavy (non-hydrogen) atoms. The van der Waals surface area contributed by atoms with E-state index < -0.39 is 0 Å². The highest BCUT2D eigenvalue weighted by Crippen LogP contribution is 2.49. The molecule has 0 saturated heterocycles. The Balaban J connectivity index is 1.14.